The predicted octanol–water partition coefficient (Wildman–Crippen LogP) is 14.9. The second kappa shape index (κ2) is 12.7. The molecular formula is C62H47BN2. The summed E-state index contributed by atoms with van der Waals surface area (Å²) in [4.78, 5) is 2.64. The molecule has 65 heavy (non-hydrogen) atoms. The molecule has 14 rings (SSSR count). The number of hydrogen-bond acceptors (Lipinski definition) is 1. The highest BCUT2D eigenvalue weighted by Crippen LogP contribution is 2.51. The highest BCUT2D eigenvalue weighted by Gasteiger charge is 2.44. The van der Waals surface area contributed by atoms with Gasteiger partial charge < -0.3 is 9.47 Å². The maximum Gasteiger partial charge on any atom is 0.252 e. The van der Waals surface area contributed by atoms with Crippen molar-refractivity contribution in [2.24, 2.45) is 0 Å². The average molecular weight is 831 g/mol. The smallest absolute Gasteiger partial charge is 0.252 e. The highest BCUT2D eigenvalue weighted by molar-refractivity contribution is 7.01. The van der Waals surface area contributed by atoms with Gasteiger partial charge in [0.05, 0.1) is 16.7 Å². The minimum Gasteiger partial charge on any atom is -0.311 e. The first-order valence-corrected chi connectivity index (χ1v) is 23.3. The van der Waals surface area contributed by atoms with Crippen molar-refractivity contribution < 1.29 is 0 Å². The van der Waals surface area contributed by atoms with Crippen molar-refractivity contribution in [1.82, 2.24) is 4.57 Å². The number of nitrogens with zero attached hydrogens (tertiary/aromatic N) is 2. The fraction of sp³-hybridized carbons (Fsp3) is 0.129. The Balaban J connectivity index is 1.27. The third-order valence-corrected chi connectivity index (χ3v) is 15.2. The van der Waals surface area contributed by atoms with Gasteiger partial charge >= 0.3 is 0 Å². The standard InChI is InChI=1S/C62H47BN2/c1-61(2,3)36-27-30-38(31-28-36)64-53-32-29-37(62(4,5)6)33-50(53)63-51-34-48-43-21-9-7-17-39(43)41-19-11-13-23-45(41)55(48)57-47-25-15-16-26-52(47)65(59(51)57)54-35-49-44-22-10-8-18-40(44)42-20-12-14-24-46(42)56(49)60(64)58(54)63/h7-35H,1-6H3. The summed E-state index contributed by atoms with van der Waals surface area (Å²) in [7, 11) is 0. The monoisotopic (exact) mass is 830 g/mol. The Morgan fingerprint density at radius 3 is 1.43 bits per heavy atom. The van der Waals surface area contributed by atoms with Gasteiger partial charge in [-0.05, 0) is 123 Å². The summed E-state index contributed by atoms with van der Waals surface area (Å²) < 4.78 is 2.67. The normalized spacial score (nSPS) is 13.6. The van der Waals surface area contributed by atoms with Gasteiger partial charge in [0.15, 0.2) is 0 Å². The van der Waals surface area contributed by atoms with Crippen molar-refractivity contribution in [1.29, 1.82) is 0 Å². The van der Waals surface area contributed by atoms with Crippen LogP contribution in [-0.2, 0) is 10.8 Å². The number of para-hydroxylation sites is 1. The minimum absolute atomic E-state index is 0.0294. The van der Waals surface area contributed by atoms with E-state index < -0.39 is 0 Å². The number of hydrogen-bond donors (Lipinski definition) is 0. The van der Waals surface area contributed by atoms with E-state index >= 15 is 0 Å². The summed E-state index contributed by atoms with van der Waals surface area (Å²) in [5, 5.41) is 18.2. The van der Waals surface area contributed by atoms with Crippen LogP contribution >= 0.6 is 0 Å². The van der Waals surface area contributed by atoms with Crippen LogP contribution in [0.25, 0.3) is 92.1 Å². The van der Waals surface area contributed by atoms with E-state index in [-0.39, 0.29) is 17.5 Å². The topological polar surface area (TPSA) is 8.17 Å². The summed E-state index contributed by atoms with van der Waals surface area (Å²) >= 11 is 0. The van der Waals surface area contributed by atoms with Gasteiger partial charge in [0.2, 0.25) is 0 Å². The van der Waals surface area contributed by atoms with Gasteiger partial charge in [-0.25, -0.2) is 0 Å². The molecule has 0 radical (unpaired) electrons. The van der Waals surface area contributed by atoms with E-state index in [1.807, 2.05) is 0 Å². The second-order valence-corrected chi connectivity index (χ2v) is 20.8. The SMILES string of the molecule is CC(C)(C)c1ccc(N2c3ccc(C(C)(C)C)cc3B3c4c(cc5c6ccccc6c6ccccc6c5c42)-n2c4ccccc4c4c5c6ccccc6c6ccccc6c5cc3c42)cc1. The number of anilines is 3. The molecule has 0 saturated carbocycles. The average Bonchev–Trinajstić information content (AvgIpc) is 3.67. The van der Waals surface area contributed by atoms with Crippen molar-refractivity contribution in [3.05, 3.63) is 187 Å². The van der Waals surface area contributed by atoms with Crippen LogP contribution in [0.4, 0.5) is 17.1 Å². The second-order valence-electron chi connectivity index (χ2n) is 20.8. The quantitative estimate of drug-likeness (QED) is 0.118. The molecule has 11 aromatic carbocycles. The van der Waals surface area contributed by atoms with Crippen LogP contribution in [0.3, 0.4) is 0 Å². The molecule has 12 aromatic rings. The third-order valence-electron chi connectivity index (χ3n) is 15.2. The minimum atomic E-state index is -0.0484. The Labute approximate surface area is 379 Å². The molecule has 0 atom stereocenters. The molecule has 2 nitrogen and oxygen atoms in total. The van der Waals surface area contributed by atoms with Gasteiger partial charge in [-0.3, -0.25) is 0 Å². The molecule has 308 valence electrons. The molecule has 0 aliphatic carbocycles. The molecule has 1 aromatic heterocycles. The fourth-order valence-corrected chi connectivity index (χ4v) is 12.2. The fourth-order valence-electron chi connectivity index (χ4n) is 12.2. The summed E-state index contributed by atoms with van der Waals surface area (Å²) in [6, 6.07) is 67.7. The molecule has 0 amide bonds. The van der Waals surface area contributed by atoms with Crippen molar-refractivity contribution in [3.8, 4) is 5.69 Å². The van der Waals surface area contributed by atoms with Crippen LogP contribution in [0.15, 0.2) is 176 Å². The van der Waals surface area contributed by atoms with E-state index in [0.717, 1.165) is 0 Å². The van der Waals surface area contributed by atoms with Gasteiger partial charge in [-0.1, -0.05) is 187 Å². The zero-order valence-corrected chi connectivity index (χ0v) is 37.7. The molecule has 0 bridgehead atoms. The van der Waals surface area contributed by atoms with E-state index in [0.29, 0.717) is 0 Å². The summed E-state index contributed by atoms with van der Waals surface area (Å²) in [5.41, 5.74) is 14.3. The van der Waals surface area contributed by atoms with E-state index in [2.05, 4.69) is 227 Å². The van der Waals surface area contributed by atoms with Crippen LogP contribution in [0, 0.1) is 0 Å². The van der Waals surface area contributed by atoms with E-state index in [1.54, 1.807) is 0 Å². The van der Waals surface area contributed by atoms with Crippen molar-refractivity contribution >= 4 is 127 Å². The Hall–Kier alpha value is -7.36. The number of fused-ring (bicyclic) bond motifs is 21. The molecule has 0 saturated heterocycles. The third kappa shape index (κ3) is 4.86. The molecule has 2 aliphatic heterocycles. The lowest BCUT2D eigenvalue weighted by atomic mass is 9.33. The first kappa shape index (κ1) is 37.1. The Morgan fingerprint density at radius 1 is 0.369 bits per heavy atom. The lowest BCUT2D eigenvalue weighted by molar-refractivity contribution is 0.590. The molecular weight excluding hydrogens is 784 g/mol. The van der Waals surface area contributed by atoms with Crippen LogP contribution in [0.1, 0.15) is 52.7 Å². The lowest BCUT2D eigenvalue weighted by Crippen LogP contribution is -2.60. The number of rotatable bonds is 1. The Bertz CT molecular complexity index is 4080. The molecule has 3 heteroatoms. The largest absolute Gasteiger partial charge is 0.311 e. The maximum atomic E-state index is 2.67. The van der Waals surface area contributed by atoms with Crippen LogP contribution in [0.5, 0.6) is 0 Å². The predicted molar refractivity (Wildman–Crippen MR) is 283 cm³/mol. The molecule has 0 spiro atoms. The van der Waals surface area contributed by atoms with Gasteiger partial charge in [-0.2, -0.15) is 0 Å². The number of benzene rings is 11. The van der Waals surface area contributed by atoms with E-state index in [9.17, 15) is 0 Å². The van der Waals surface area contributed by atoms with Crippen molar-refractivity contribution in [2.75, 3.05) is 4.90 Å². The highest BCUT2D eigenvalue weighted by atomic mass is 15.2. The Kier molecular flexibility index (Phi) is 7.23. The zero-order chi connectivity index (χ0) is 43.7. The molecule has 0 unspecified atom stereocenters. The molecule has 0 fully saturated rings. The first-order valence-electron chi connectivity index (χ1n) is 23.3. The first-order chi connectivity index (χ1) is 31.6. The van der Waals surface area contributed by atoms with Gasteiger partial charge in [0.25, 0.3) is 6.71 Å². The number of aromatic nitrogens is 1. The van der Waals surface area contributed by atoms with Gasteiger partial charge in [-0.15, -0.1) is 0 Å². The summed E-state index contributed by atoms with van der Waals surface area (Å²) in [6.07, 6.45) is 0. The lowest BCUT2D eigenvalue weighted by Gasteiger charge is -2.42. The van der Waals surface area contributed by atoms with Crippen molar-refractivity contribution in [2.45, 2.75) is 52.4 Å². The molecule has 2 aliphatic rings. The van der Waals surface area contributed by atoms with Crippen LogP contribution in [0.2, 0.25) is 0 Å². The molecule has 3 heterocycles. The van der Waals surface area contributed by atoms with E-state index in [4.69, 9.17) is 0 Å². The van der Waals surface area contributed by atoms with Gasteiger partial charge in [0, 0.05) is 38.6 Å². The van der Waals surface area contributed by atoms with Crippen LogP contribution in [-0.4, -0.2) is 11.3 Å². The van der Waals surface area contributed by atoms with Crippen molar-refractivity contribution in [3.63, 3.8) is 0 Å². The van der Waals surface area contributed by atoms with Gasteiger partial charge in [0.1, 0.15) is 0 Å². The maximum absolute atomic E-state index is 2.67. The zero-order valence-electron chi connectivity index (χ0n) is 37.7. The van der Waals surface area contributed by atoms with E-state index in [1.165, 1.54) is 137 Å². The molecule has 0 N–H and O–H groups in total. The summed E-state index contributed by atoms with van der Waals surface area (Å²) in [5.74, 6) is 0. The van der Waals surface area contributed by atoms with Crippen LogP contribution < -0.4 is 21.3 Å². The Morgan fingerprint density at radius 2 is 0.846 bits per heavy atom. The summed E-state index contributed by atoms with van der Waals surface area (Å²) in [6.45, 7) is 14.0.